The van der Waals surface area contributed by atoms with Crippen LogP contribution in [0.3, 0.4) is 0 Å². The van der Waals surface area contributed by atoms with Gasteiger partial charge in [-0.2, -0.15) is 0 Å². The first kappa shape index (κ1) is 26.1. The van der Waals surface area contributed by atoms with Crippen molar-refractivity contribution in [2.24, 2.45) is 5.73 Å². The van der Waals surface area contributed by atoms with E-state index in [1.165, 1.54) is 4.90 Å². The van der Waals surface area contributed by atoms with Crippen molar-refractivity contribution in [1.82, 2.24) is 5.32 Å². The largest absolute Gasteiger partial charge is 0.351 e. The number of halogens is 1. The number of benzene rings is 3. The molecule has 7 heteroatoms. The molecule has 0 fully saturated rings. The summed E-state index contributed by atoms with van der Waals surface area (Å²) >= 11 is 5.85. The highest BCUT2D eigenvalue weighted by molar-refractivity contribution is 6.31. The van der Waals surface area contributed by atoms with Gasteiger partial charge >= 0.3 is 6.03 Å². The van der Waals surface area contributed by atoms with Gasteiger partial charge in [-0.3, -0.25) is 14.5 Å². The molecule has 0 saturated heterocycles. The molecule has 182 valence electrons. The Morgan fingerprint density at radius 2 is 1.60 bits per heavy atom. The van der Waals surface area contributed by atoms with Gasteiger partial charge in [0.25, 0.3) is 0 Å². The van der Waals surface area contributed by atoms with Gasteiger partial charge in [0.2, 0.25) is 0 Å². The van der Waals surface area contributed by atoms with E-state index in [-0.39, 0.29) is 29.6 Å². The molecule has 3 aromatic rings. The molecule has 0 spiro atoms. The van der Waals surface area contributed by atoms with Crippen molar-refractivity contribution in [3.63, 3.8) is 0 Å². The van der Waals surface area contributed by atoms with Crippen molar-refractivity contribution in [2.45, 2.75) is 45.7 Å². The summed E-state index contributed by atoms with van der Waals surface area (Å²) in [6.07, 6.45) is 0.275. The lowest BCUT2D eigenvalue weighted by molar-refractivity contribution is 0.0935. The van der Waals surface area contributed by atoms with E-state index in [9.17, 15) is 14.4 Å². The van der Waals surface area contributed by atoms with E-state index in [1.807, 2.05) is 45.9 Å². The molecule has 1 aliphatic rings. The number of carbonyl (C=O) groups is 3. The SMILES string of the molecule is CC(NC(C)(C)C)C(=O)c1cccc(Cl)c1.NC(=O)N1c2ccccc2CC(=O)c2ccccc21. The highest BCUT2D eigenvalue weighted by atomic mass is 35.5. The normalized spacial score (nSPS) is 13.5. The first-order valence-electron chi connectivity index (χ1n) is 11.3. The third kappa shape index (κ3) is 6.56. The fraction of sp³-hybridized carbons (Fsp3) is 0.250. The molecule has 1 heterocycles. The molecule has 0 bridgehead atoms. The van der Waals surface area contributed by atoms with Crippen molar-refractivity contribution in [1.29, 1.82) is 0 Å². The van der Waals surface area contributed by atoms with Gasteiger partial charge in [0, 0.05) is 28.1 Å². The molecular formula is C28H30ClN3O3. The van der Waals surface area contributed by atoms with Crippen molar-refractivity contribution in [3.05, 3.63) is 94.5 Å². The molecule has 3 aromatic carbocycles. The molecule has 4 rings (SSSR count). The maximum atomic E-state index is 12.3. The molecule has 0 saturated carbocycles. The standard InChI is InChI=1S/C15H12N2O2.C13H18ClNO/c16-15(19)17-12-7-3-1-5-10(12)9-14(18)11-6-2-4-8-13(11)17;1-9(15-13(2,3)4)12(16)10-6-5-7-11(14)8-10/h1-8H,9H2,(H2,16,19);5-9,15H,1-4H3. The molecule has 35 heavy (non-hydrogen) atoms. The quantitative estimate of drug-likeness (QED) is 0.443. The van der Waals surface area contributed by atoms with Crippen LogP contribution < -0.4 is 16.0 Å². The van der Waals surface area contributed by atoms with Crippen LogP contribution in [0.5, 0.6) is 0 Å². The molecular weight excluding hydrogens is 462 g/mol. The molecule has 2 amide bonds. The smallest absolute Gasteiger partial charge is 0.323 e. The van der Waals surface area contributed by atoms with Gasteiger partial charge in [-0.05, 0) is 63.6 Å². The van der Waals surface area contributed by atoms with Gasteiger partial charge in [-0.1, -0.05) is 54.1 Å². The number of fused-ring (bicyclic) bond motifs is 2. The van der Waals surface area contributed by atoms with E-state index in [0.29, 0.717) is 27.5 Å². The molecule has 1 unspecified atom stereocenters. The van der Waals surface area contributed by atoms with Crippen LogP contribution in [0.25, 0.3) is 0 Å². The Hall–Kier alpha value is -3.48. The number of hydrogen-bond donors (Lipinski definition) is 2. The maximum absolute atomic E-state index is 12.3. The van der Waals surface area contributed by atoms with Crippen LogP contribution in [-0.2, 0) is 6.42 Å². The van der Waals surface area contributed by atoms with E-state index in [4.69, 9.17) is 17.3 Å². The molecule has 1 aliphatic heterocycles. The highest BCUT2D eigenvalue weighted by Gasteiger charge is 2.27. The van der Waals surface area contributed by atoms with Crippen molar-refractivity contribution < 1.29 is 14.4 Å². The van der Waals surface area contributed by atoms with E-state index < -0.39 is 6.03 Å². The number of carbonyl (C=O) groups excluding carboxylic acids is 3. The number of rotatable bonds is 3. The number of urea groups is 1. The van der Waals surface area contributed by atoms with E-state index in [2.05, 4.69) is 5.32 Å². The topological polar surface area (TPSA) is 92.5 Å². The van der Waals surface area contributed by atoms with Gasteiger partial charge in [0.1, 0.15) is 0 Å². The van der Waals surface area contributed by atoms with Crippen LogP contribution in [0, 0.1) is 0 Å². The van der Waals surface area contributed by atoms with E-state index >= 15 is 0 Å². The lowest BCUT2D eigenvalue weighted by Crippen LogP contribution is -2.46. The minimum atomic E-state index is -0.588. The van der Waals surface area contributed by atoms with Gasteiger partial charge in [-0.25, -0.2) is 4.79 Å². The summed E-state index contributed by atoms with van der Waals surface area (Å²) in [4.78, 5) is 37.5. The van der Waals surface area contributed by atoms with Gasteiger partial charge in [0.05, 0.1) is 17.4 Å². The second-order valence-corrected chi connectivity index (χ2v) is 9.85. The molecule has 3 N–H and O–H groups in total. The summed E-state index contributed by atoms with van der Waals surface area (Å²) in [5, 5.41) is 3.84. The first-order valence-corrected chi connectivity index (χ1v) is 11.7. The number of primary amides is 1. The summed E-state index contributed by atoms with van der Waals surface area (Å²) in [7, 11) is 0. The average molecular weight is 492 g/mol. The Balaban J connectivity index is 0.000000199. The second kappa shape index (κ2) is 10.8. The van der Waals surface area contributed by atoms with Crippen LogP contribution in [0.1, 0.15) is 54.0 Å². The van der Waals surface area contributed by atoms with Crippen LogP contribution >= 0.6 is 11.6 Å². The Morgan fingerprint density at radius 3 is 2.23 bits per heavy atom. The second-order valence-electron chi connectivity index (χ2n) is 9.41. The van der Waals surface area contributed by atoms with Crippen LogP contribution in [0.4, 0.5) is 16.2 Å². The monoisotopic (exact) mass is 491 g/mol. The molecule has 6 nitrogen and oxygen atoms in total. The van der Waals surface area contributed by atoms with Crippen molar-refractivity contribution in [3.8, 4) is 0 Å². The summed E-state index contributed by atoms with van der Waals surface area (Å²) in [6.45, 7) is 7.98. The van der Waals surface area contributed by atoms with Gasteiger partial charge < -0.3 is 11.1 Å². The molecule has 0 aromatic heterocycles. The van der Waals surface area contributed by atoms with Crippen LogP contribution in [-0.4, -0.2) is 29.2 Å². The predicted molar refractivity (Wildman–Crippen MR) is 141 cm³/mol. The maximum Gasteiger partial charge on any atom is 0.323 e. The lowest BCUT2D eigenvalue weighted by Gasteiger charge is -2.25. The number of Topliss-reactive ketones (excluding diaryl/α,β-unsaturated/α-hetero) is 2. The Labute approximate surface area is 211 Å². The number of para-hydroxylation sites is 2. The third-order valence-electron chi connectivity index (χ3n) is 5.40. The summed E-state index contributed by atoms with van der Waals surface area (Å²) < 4.78 is 0. The Bertz CT molecular complexity index is 1250. The minimum absolute atomic E-state index is 0.00759. The molecule has 0 aliphatic carbocycles. The zero-order chi connectivity index (χ0) is 25.8. The number of nitrogens with two attached hydrogens (primary N) is 1. The number of amides is 2. The van der Waals surface area contributed by atoms with Crippen LogP contribution in [0.15, 0.2) is 72.8 Å². The summed E-state index contributed by atoms with van der Waals surface area (Å²) in [5.74, 6) is 0.0595. The minimum Gasteiger partial charge on any atom is -0.351 e. The van der Waals surface area contributed by atoms with E-state index in [1.54, 1.807) is 54.6 Å². The number of hydrogen-bond acceptors (Lipinski definition) is 4. The van der Waals surface area contributed by atoms with Crippen LogP contribution in [0.2, 0.25) is 5.02 Å². The highest BCUT2D eigenvalue weighted by Crippen LogP contribution is 2.35. The van der Waals surface area contributed by atoms with Gasteiger partial charge in [-0.15, -0.1) is 0 Å². The lowest BCUT2D eigenvalue weighted by atomic mass is 10.0. The first-order chi connectivity index (χ1) is 16.5. The zero-order valence-corrected chi connectivity index (χ0v) is 21.1. The summed E-state index contributed by atoms with van der Waals surface area (Å²) in [5.41, 5.74) is 8.62. The van der Waals surface area contributed by atoms with Gasteiger partial charge in [0.15, 0.2) is 11.6 Å². The van der Waals surface area contributed by atoms with Crippen molar-refractivity contribution >= 4 is 40.6 Å². The fourth-order valence-electron chi connectivity index (χ4n) is 4.03. The fourth-order valence-corrected chi connectivity index (χ4v) is 4.22. The predicted octanol–water partition coefficient (Wildman–Crippen LogP) is 5.94. The summed E-state index contributed by atoms with van der Waals surface area (Å²) in [6, 6.07) is 20.6. The number of ketones is 2. The number of nitrogens with one attached hydrogen (secondary N) is 1. The molecule has 0 radical (unpaired) electrons. The van der Waals surface area contributed by atoms with Crippen molar-refractivity contribution in [2.75, 3.05) is 4.90 Å². The Kier molecular flexibility index (Phi) is 8.10. The average Bonchev–Trinajstić information content (AvgIpc) is 2.91. The Morgan fingerprint density at radius 1 is 0.971 bits per heavy atom. The van der Waals surface area contributed by atoms with E-state index in [0.717, 1.165) is 5.56 Å². The zero-order valence-electron chi connectivity index (χ0n) is 20.3. The third-order valence-corrected chi connectivity index (χ3v) is 5.64. The number of nitrogens with zero attached hydrogens (tertiary/aromatic N) is 1. The molecule has 1 atom stereocenters. The number of anilines is 2.